The van der Waals surface area contributed by atoms with Crippen LogP contribution >= 0.6 is 0 Å². The molecule has 0 aliphatic carbocycles. The summed E-state index contributed by atoms with van der Waals surface area (Å²) < 4.78 is 37.0. The number of hydrogen-bond acceptors (Lipinski definition) is 5. The van der Waals surface area contributed by atoms with Gasteiger partial charge in [0.25, 0.3) is 0 Å². The maximum Gasteiger partial charge on any atom is 0.419 e. The summed E-state index contributed by atoms with van der Waals surface area (Å²) in [6, 6.07) is 23.9. The van der Waals surface area contributed by atoms with Crippen molar-refractivity contribution >= 4 is 21.1 Å². The van der Waals surface area contributed by atoms with Crippen LogP contribution in [0.25, 0.3) is 22.4 Å². The summed E-state index contributed by atoms with van der Waals surface area (Å²) in [5, 5.41) is 4.73. The summed E-state index contributed by atoms with van der Waals surface area (Å²) in [6.45, 7) is 0.620. The molecule has 0 spiro atoms. The van der Waals surface area contributed by atoms with Crippen LogP contribution < -0.4 is 10.5 Å². The van der Waals surface area contributed by atoms with Crippen LogP contribution in [0.1, 0.15) is 11.1 Å². The third-order valence-electron chi connectivity index (χ3n) is 5.60. The third kappa shape index (κ3) is 4.30. The number of rotatable bonds is 7. The number of nitrogens with zero attached hydrogens (tertiary/aromatic N) is 3. The van der Waals surface area contributed by atoms with Crippen LogP contribution in [0.3, 0.4) is 0 Å². The molecule has 5 rings (SSSR count). The topological polar surface area (TPSA) is 99.1 Å². The number of fused-ring (bicyclic) bond motifs is 1. The highest BCUT2D eigenvalue weighted by molar-refractivity contribution is 7.89. The standard InChI is InChI=1S/C25H22N4O4S/c1-28-22-13-12-21(14-23(22)33-25(28)30)34(31,32)26-15-20-17-29(16-18-8-4-2-5-9-18)27-24(20)19-10-6-3-7-11-19/h2-14,17,26H,15-16H2,1H3. The lowest BCUT2D eigenvalue weighted by molar-refractivity contribution is 0.527. The van der Waals surface area contributed by atoms with E-state index in [1.54, 1.807) is 13.1 Å². The molecule has 5 aromatic rings. The molecule has 0 amide bonds. The molecule has 0 unspecified atom stereocenters. The maximum absolute atomic E-state index is 13.0. The second kappa shape index (κ2) is 8.77. The Morgan fingerprint density at radius 2 is 1.68 bits per heavy atom. The highest BCUT2D eigenvalue weighted by Gasteiger charge is 2.19. The molecule has 1 N–H and O–H groups in total. The number of hydrogen-bond donors (Lipinski definition) is 1. The van der Waals surface area contributed by atoms with E-state index in [1.807, 2.05) is 71.5 Å². The Labute approximate surface area is 196 Å². The fourth-order valence-electron chi connectivity index (χ4n) is 3.82. The molecule has 0 saturated carbocycles. The van der Waals surface area contributed by atoms with E-state index in [4.69, 9.17) is 9.52 Å². The maximum atomic E-state index is 13.0. The van der Waals surface area contributed by atoms with Gasteiger partial charge in [-0.1, -0.05) is 60.7 Å². The van der Waals surface area contributed by atoms with Crippen molar-refractivity contribution in [2.75, 3.05) is 0 Å². The molecule has 0 aliphatic rings. The van der Waals surface area contributed by atoms with E-state index in [0.29, 0.717) is 17.8 Å². The van der Waals surface area contributed by atoms with Crippen molar-refractivity contribution in [1.82, 2.24) is 19.1 Å². The number of aromatic nitrogens is 3. The molecule has 0 atom stereocenters. The van der Waals surface area contributed by atoms with Crippen molar-refractivity contribution in [3.05, 3.63) is 107 Å². The molecular weight excluding hydrogens is 452 g/mol. The van der Waals surface area contributed by atoms with E-state index in [0.717, 1.165) is 16.7 Å². The number of sulfonamides is 1. The monoisotopic (exact) mass is 474 g/mol. The smallest absolute Gasteiger partial charge is 0.408 e. The molecule has 3 aromatic carbocycles. The summed E-state index contributed by atoms with van der Waals surface area (Å²) in [5.41, 5.74) is 4.20. The summed E-state index contributed by atoms with van der Waals surface area (Å²) in [5.74, 6) is -0.546. The molecule has 8 nitrogen and oxygen atoms in total. The number of nitrogens with one attached hydrogen (secondary N) is 1. The lowest BCUT2D eigenvalue weighted by atomic mass is 10.1. The Bertz CT molecular complexity index is 1620. The Balaban J connectivity index is 1.44. The van der Waals surface area contributed by atoms with Gasteiger partial charge in [-0.15, -0.1) is 0 Å². The van der Waals surface area contributed by atoms with E-state index in [2.05, 4.69) is 4.72 Å². The summed E-state index contributed by atoms with van der Waals surface area (Å²) in [4.78, 5) is 11.8. The largest absolute Gasteiger partial charge is 0.419 e. The van der Waals surface area contributed by atoms with Crippen LogP contribution in [0.5, 0.6) is 0 Å². The van der Waals surface area contributed by atoms with Crippen molar-refractivity contribution in [1.29, 1.82) is 0 Å². The highest BCUT2D eigenvalue weighted by atomic mass is 32.2. The van der Waals surface area contributed by atoms with E-state index in [9.17, 15) is 13.2 Å². The summed E-state index contributed by atoms with van der Waals surface area (Å²) in [7, 11) is -2.29. The van der Waals surface area contributed by atoms with Crippen molar-refractivity contribution < 1.29 is 12.8 Å². The normalized spacial score (nSPS) is 11.8. The Kier molecular flexibility index (Phi) is 5.64. The average molecular weight is 475 g/mol. The quantitative estimate of drug-likeness (QED) is 0.389. The van der Waals surface area contributed by atoms with Gasteiger partial charge >= 0.3 is 5.76 Å². The molecule has 2 aromatic heterocycles. The SMILES string of the molecule is Cn1c(=O)oc2cc(S(=O)(=O)NCc3cn(Cc4ccccc4)nc3-c3ccccc3)ccc21. The van der Waals surface area contributed by atoms with Crippen LogP contribution in [0.4, 0.5) is 0 Å². The molecule has 34 heavy (non-hydrogen) atoms. The predicted octanol–water partition coefficient (Wildman–Crippen LogP) is 3.52. The van der Waals surface area contributed by atoms with Crippen LogP contribution in [0.2, 0.25) is 0 Å². The number of aryl methyl sites for hydroxylation is 1. The molecule has 172 valence electrons. The fourth-order valence-corrected chi connectivity index (χ4v) is 4.84. The van der Waals surface area contributed by atoms with Crippen molar-refractivity contribution in [3.8, 4) is 11.3 Å². The van der Waals surface area contributed by atoms with E-state index in [-0.39, 0.29) is 17.0 Å². The van der Waals surface area contributed by atoms with Gasteiger partial charge < -0.3 is 4.42 Å². The van der Waals surface area contributed by atoms with Crippen LogP contribution in [-0.2, 0) is 30.2 Å². The van der Waals surface area contributed by atoms with Crippen molar-refractivity contribution in [2.24, 2.45) is 7.05 Å². The molecule has 0 bridgehead atoms. The second-order valence-electron chi connectivity index (χ2n) is 7.93. The minimum absolute atomic E-state index is 0.0206. The first-order valence-electron chi connectivity index (χ1n) is 10.7. The van der Waals surface area contributed by atoms with Crippen LogP contribution in [-0.4, -0.2) is 22.8 Å². The van der Waals surface area contributed by atoms with Crippen LogP contribution in [0, 0.1) is 0 Å². The van der Waals surface area contributed by atoms with Gasteiger partial charge in [0.2, 0.25) is 10.0 Å². The van der Waals surface area contributed by atoms with Crippen molar-refractivity contribution in [2.45, 2.75) is 18.0 Å². The molecule has 0 saturated heterocycles. The molecule has 0 fully saturated rings. The molecular formula is C25H22N4O4S. The van der Waals surface area contributed by atoms with Crippen LogP contribution in [0.15, 0.2) is 99.2 Å². The van der Waals surface area contributed by atoms with Gasteiger partial charge in [0, 0.05) is 37.0 Å². The fraction of sp³-hybridized carbons (Fsp3) is 0.120. The first kappa shape index (κ1) is 21.9. The van der Waals surface area contributed by atoms with Gasteiger partial charge in [0.15, 0.2) is 5.58 Å². The zero-order valence-corrected chi connectivity index (χ0v) is 19.2. The minimum atomic E-state index is -3.86. The Morgan fingerprint density at radius 1 is 0.971 bits per heavy atom. The third-order valence-corrected chi connectivity index (χ3v) is 7.00. The predicted molar refractivity (Wildman–Crippen MR) is 129 cm³/mol. The second-order valence-corrected chi connectivity index (χ2v) is 9.70. The molecule has 2 heterocycles. The average Bonchev–Trinajstić information content (AvgIpc) is 3.38. The van der Waals surface area contributed by atoms with E-state index < -0.39 is 15.8 Å². The molecule has 0 radical (unpaired) electrons. The zero-order valence-electron chi connectivity index (χ0n) is 18.4. The Hall–Kier alpha value is -3.95. The molecule has 0 aliphatic heterocycles. The van der Waals surface area contributed by atoms with Crippen molar-refractivity contribution in [3.63, 3.8) is 0 Å². The lowest BCUT2D eigenvalue weighted by Crippen LogP contribution is -2.23. The van der Waals surface area contributed by atoms with E-state index in [1.165, 1.54) is 16.7 Å². The number of benzene rings is 3. The van der Waals surface area contributed by atoms with Gasteiger partial charge in [0.1, 0.15) is 0 Å². The van der Waals surface area contributed by atoms with Gasteiger partial charge in [-0.3, -0.25) is 9.25 Å². The van der Waals surface area contributed by atoms with Gasteiger partial charge in [-0.05, 0) is 17.7 Å². The summed E-state index contributed by atoms with van der Waals surface area (Å²) >= 11 is 0. The Morgan fingerprint density at radius 3 is 2.41 bits per heavy atom. The highest BCUT2D eigenvalue weighted by Crippen LogP contribution is 2.24. The molecule has 9 heteroatoms. The van der Waals surface area contributed by atoms with Gasteiger partial charge in [-0.2, -0.15) is 5.10 Å². The zero-order chi connectivity index (χ0) is 23.7. The lowest BCUT2D eigenvalue weighted by Gasteiger charge is -2.07. The van der Waals surface area contributed by atoms with Gasteiger partial charge in [-0.25, -0.2) is 17.9 Å². The van der Waals surface area contributed by atoms with Gasteiger partial charge in [0.05, 0.1) is 22.7 Å². The number of oxazole rings is 1. The summed E-state index contributed by atoms with van der Waals surface area (Å²) in [6.07, 6.45) is 1.86. The first-order valence-corrected chi connectivity index (χ1v) is 12.1. The van der Waals surface area contributed by atoms with E-state index >= 15 is 0 Å². The minimum Gasteiger partial charge on any atom is -0.408 e. The first-order chi connectivity index (χ1) is 16.4.